The molecule has 116 valence electrons. The van der Waals surface area contributed by atoms with Gasteiger partial charge in [0, 0.05) is 5.56 Å². The molecule has 1 aromatic heterocycles. The first-order valence-corrected chi connectivity index (χ1v) is 7.57. The van der Waals surface area contributed by atoms with Gasteiger partial charge in [-0.2, -0.15) is 0 Å². The molecule has 1 aromatic carbocycles. The highest BCUT2D eigenvalue weighted by molar-refractivity contribution is 7.99. The van der Waals surface area contributed by atoms with Crippen molar-refractivity contribution in [3.63, 3.8) is 0 Å². The Hall–Kier alpha value is -2.35. The molecule has 0 unspecified atom stereocenters. The van der Waals surface area contributed by atoms with Gasteiger partial charge < -0.3 is 9.15 Å². The maximum Gasteiger partial charge on any atom is 0.413 e. The fourth-order valence-corrected chi connectivity index (χ4v) is 2.20. The maximum atomic E-state index is 11.5. The number of aryl methyl sites for hydroxylation is 1. The Morgan fingerprint density at radius 3 is 2.82 bits per heavy atom. The number of carbonyl (C=O) groups is 2. The van der Waals surface area contributed by atoms with E-state index in [0.29, 0.717) is 5.89 Å². The summed E-state index contributed by atoms with van der Waals surface area (Å²) in [6.07, 6.45) is -0.765. The van der Waals surface area contributed by atoms with Crippen molar-refractivity contribution >= 4 is 23.8 Å². The van der Waals surface area contributed by atoms with E-state index in [0.717, 1.165) is 22.9 Å². The van der Waals surface area contributed by atoms with E-state index < -0.39 is 12.0 Å². The second-order valence-corrected chi connectivity index (χ2v) is 5.17. The molecule has 0 bridgehead atoms. The van der Waals surface area contributed by atoms with Crippen molar-refractivity contribution < 1.29 is 18.7 Å². The Kier molecular flexibility index (Phi) is 5.54. The molecule has 22 heavy (non-hydrogen) atoms. The van der Waals surface area contributed by atoms with Crippen molar-refractivity contribution in [2.45, 2.75) is 19.1 Å². The minimum Gasteiger partial charge on any atom is -0.450 e. The summed E-state index contributed by atoms with van der Waals surface area (Å²) in [6, 6.07) is 7.63. The number of nitrogens with one attached hydrogen (secondary N) is 1. The van der Waals surface area contributed by atoms with Crippen molar-refractivity contribution in [1.82, 2.24) is 15.5 Å². The first-order chi connectivity index (χ1) is 10.6. The number of aromatic nitrogens is 2. The van der Waals surface area contributed by atoms with Crippen LogP contribution in [0.3, 0.4) is 0 Å². The Balaban J connectivity index is 1.92. The Morgan fingerprint density at radius 2 is 2.09 bits per heavy atom. The molecule has 8 heteroatoms. The molecule has 0 aliphatic heterocycles. The van der Waals surface area contributed by atoms with Crippen LogP contribution in [0.2, 0.25) is 0 Å². The maximum absolute atomic E-state index is 11.5. The number of thioether (sulfide) groups is 1. The van der Waals surface area contributed by atoms with Crippen LogP contribution < -0.4 is 5.32 Å². The normalized spacial score (nSPS) is 10.3. The number of nitrogens with zero attached hydrogens (tertiary/aromatic N) is 2. The molecule has 0 radical (unpaired) electrons. The molecular weight excluding hydrogens is 306 g/mol. The van der Waals surface area contributed by atoms with E-state index in [1.165, 1.54) is 0 Å². The number of ether oxygens (including phenoxy) is 1. The average molecular weight is 321 g/mol. The van der Waals surface area contributed by atoms with Gasteiger partial charge in [0.15, 0.2) is 0 Å². The van der Waals surface area contributed by atoms with Crippen molar-refractivity contribution in [2.24, 2.45) is 0 Å². The molecule has 2 amide bonds. The fraction of sp³-hybridized carbons (Fsp3) is 0.286. The summed E-state index contributed by atoms with van der Waals surface area (Å²) in [6.45, 7) is 3.80. The molecule has 0 saturated heterocycles. The average Bonchev–Trinajstić information content (AvgIpc) is 2.94. The lowest BCUT2D eigenvalue weighted by molar-refractivity contribution is -0.117. The van der Waals surface area contributed by atoms with Gasteiger partial charge in [0.05, 0.1) is 12.4 Å². The second kappa shape index (κ2) is 7.60. The van der Waals surface area contributed by atoms with Gasteiger partial charge in [0.1, 0.15) is 0 Å². The van der Waals surface area contributed by atoms with Crippen LogP contribution in [-0.4, -0.2) is 34.6 Å². The molecule has 2 aromatic rings. The third-order valence-corrected chi connectivity index (χ3v) is 3.44. The van der Waals surface area contributed by atoms with Crippen molar-refractivity contribution in [3.05, 3.63) is 29.8 Å². The third-order valence-electron chi connectivity index (χ3n) is 2.63. The van der Waals surface area contributed by atoms with E-state index in [4.69, 9.17) is 4.42 Å². The molecule has 1 N–H and O–H groups in total. The smallest absolute Gasteiger partial charge is 0.413 e. The number of rotatable bonds is 5. The van der Waals surface area contributed by atoms with Crippen LogP contribution in [0.25, 0.3) is 11.5 Å². The zero-order chi connectivity index (χ0) is 15.9. The second-order valence-electron chi connectivity index (χ2n) is 4.25. The lowest BCUT2D eigenvalue weighted by Gasteiger charge is -2.02. The topological polar surface area (TPSA) is 94.3 Å². The van der Waals surface area contributed by atoms with Gasteiger partial charge in [0.25, 0.3) is 5.22 Å². The van der Waals surface area contributed by atoms with E-state index >= 15 is 0 Å². The minimum absolute atomic E-state index is 0.0196. The highest BCUT2D eigenvalue weighted by Crippen LogP contribution is 2.25. The van der Waals surface area contributed by atoms with Crippen LogP contribution >= 0.6 is 11.8 Å². The van der Waals surface area contributed by atoms with Crippen LogP contribution in [0.5, 0.6) is 0 Å². The molecule has 0 saturated carbocycles. The number of carbonyl (C=O) groups excluding carboxylic acids is 2. The lowest BCUT2D eigenvalue weighted by Crippen LogP contribution is -2.32. The number of amides is 2. The number of hydrogen-bond acceptors (Lipinski definition) is 7. The van der Waals surface area contributed by atoms with E-state index in [1.807, 2.05) is 31.2 Å². The first-order valence-electron chi connectivity index (χ1n) is 6.59. The third kappa shape index (κ3) is 4.32. The van der Waals surface area contributed by atoms with Crippen LogP contribution in [0, 0.1) is 6.92 Å². The molecule has 0 aliphatic carbocycles. The summed E-state index contributed by atoms with van der Waals surface area (Å²) >= 11 is 1.05. The molecular formula is C14H15N3O4S. The predicted molar refractivity (Wildman–Crippen MR) is 80.4 cm³/mol. The van der Waals surface area contributed by atoms with E-state index in [9.17, 15) is 9.59 Å². The van der Waals surface area contributed by atoms with Gasteiger partial charge in [-0.1, -0.05) is 30.0 Å². The van der Waals surface area contributed by atoms with E-state index in [-0.39, 0.29) is 17.6 Å². The molecule has 7 nitrogen and oxygen atoms in total. The van der Waals surface area contributed by atoms with Crippen LogP contribution in [0.4, 0.5) is 4.79 Å². The SMILES string of the molecule is CCOC(=O)NC(=O)CSc1nnc(-c2ccccc2C)o1. The highest BCUT2D eigenvalue weighted by atomic mass is 32.2. The van der Waals surface area contributed by atoms with Crippen molar-refractivity contribution in [2.75, 3.05) is 12.4 Å². The predicted octanol–water partition coefficient (Wildman–Crippen LogP) is 2.41. The summed E-state index contributed by atoms with van der Waals surface area (Å²) in [5.74, 6) is -0.112. The number of imide groups is 1. The number of hydrogen-bond donors (Lipinski definition) is 1. The molecule has 0 fully saturated rings. The summed E-state index contributed by atoms with van der Waals surface area (Å²) < 4.78 is 10.1. The summed E-state index contributed by atoms with van der Waals surface area (Å²) in [7, 11) is 0. The van der Waals surface area contributed by atoms with Crippen LogP contribution in [0.1, 0.15) is 12.5 Å². The molecule has 2 rings (SSSR count). The Morgan fingerprint density at radius 1 is 1.32 bits per heavy atom. The van der Waals surface area contributed by atoms with Crippen LogP contribution in [0.15, 0.2) is 33.9 Å². The zero-order valence-corrected chi connectivity index (χ0v) is 13.0. The Bertz CT molecular complexity index is 672. The van der Waals surface area contributed by atoms with Gasteiger partial charge in [-0.25, -0.2) is 4.79 Å². The number of benzene rings is 1. The molecule has 0 spiro atoms. The van der Waals surface area contributed by atoms with Gasteiger partial charge in [-0.15, -0.1) is 10.2 Å². The van der Waals surface area contributed by atoms with Crippen molar-refractivity contribution in [3.8, 4) is 11.5 Å². The summed E-state index contributed by atoms with van der Waals surface area (Å²) in [5.41, 5.74) is 1.86. The largest absolute Gasteiger partial charge is 0.450 e. The summed E-state index contributed by atoms with van der Waals surface area (Å²) in [5, 5.41) is 10.2. The van der Waals surface area contributed by atoms with Gasteiger partial charge in [-0.3, -0.25) is 10.1 Å². The lowest BCUT2D eigenvalue weighted by atomic mass is 10.1. The summed E-state index contributed by atoms with van der Waals surface area (Å²) in [4.78, 5) is 22.6. The number of alkyl carbamates (subject to hydrolysis) is 1. The zero-order valence-electron chi connectivity index (χ0n) is 12.2. The molecule has 0 aliphatic rings. The standard InChI is InChI=1S/C14H15N3O4S/c1-3-20-13(19)15-11(18)8-22-14-17-16-12(21-14)10-7-5-4-6-9(10)2/h4-7H,3,8H2,1-2H3,(H,15,18,19). The quantitative estimate of drug-likeness (QED) is 0.845. The van der Waals surface area contributed by atoms with E-state index in [1.54, 1.807) is 6.92 Å². The van der Waals surface area contributed by atoms with Gasteiger partial charge in [-0.05, 0) is 25.5 Å². The Labute approximate surface area is 131 Å². The van der Waals surface area contributed by atoms with Gasteiger partial charge in [0.2, 0.25) is 11.8 Å². The molecule has 1 heterocycles. The highest BCUT2D eigenvalue weighted by Gasteiger charge is 2.14. The molecule has 0 atom stereocenters. The monoisotopic (exact) mass is 321 g/mol. The van der Waals surface area contributed by atoms with E-state index in [2.05, 4.69) is 20.3 Å². The van der Waals surface area contributed by atoms with Crippen molar-refractivity contribution in [1.29, 1.82) is 0 Å². The van der Waals surface area contributed by atoms with Gasteiger partial charge >= 0.3 is 6.09 Å². The fourth-order valence-electron chi connectivity index (χ4n) is 1.63. The minimum atomic E-state index is -0.765. The van der Waals surface area contributed by atoms with Crippen LogP contribution in [-0.2, 0) is 9.53 Å². The first kappa shape index (κ1) is 16.0.